The average molecular weight is 228 g/mol. The first-order valence-electron chi connectivity index (χ1n) is 4.26. The Labute approximate surface area is 92.0 Å². The Kier molecular flexibility index (Phi) is 4.06. The highest BCUT2D eigenvalue weighted by atomic mass is 35.5. The van der Waals surface area contributed by atoms with Crippen molar-refractivity contribution < 1.29 is 15.3 Å². The van der Waals surface area contributed by atoms with Gasteiger partial charge in [-0.2, -0.15) is 5.26 Å². The molecule has 0 spiro atoms. The van der Waals surface area contributed by atoms with Crippen molar-refractivity contribution in [2.75, 3.05) is 6.61 Å². The van der Waals surface area contributed by atoms with Crippen molar-refractivity contribution in [1.29, 1.82) is 5.26 Å². The summed E-state index contributed by atoms with van der Waals surface area (Å²) in [4.78, 5) is 0. The highest BCUT2D eigenvalue weighted by Crippen LogP contribution is 2.26. The summed E-state index contributed by atoms with van der Waals surface area (Å²) in [5, 5.41) is 36.4. The standard InChI is InChI=1S/C10H10ClNO3/c11-8-2-1-6(4-12)3-7(8)10(15)9(14)5-13/h1-3,9-10,13-15H,5H2. The fourth-order valence-electron chi connectivity index (χ4n) is 1.15. The number of nitriles is 1. The number of rotatable bonds is 3. The van der Waals surface area contributed by atoms with Crippen LogP contribution in [-0.4, -0.2) is 28.0 Å². The summed E-state index contributed by atoms with van der Waals surface area (Å²) < 4.78 is 0. The van der Waals surface area contributed by atoms with Crippen LogP contribution in [0.15, 0.2) is 18.2 Å². The maximum atomic E-state index is 9.59. The molecule has 0 aliphatic heterocycles. The molecule has 3 N–H and O–H groups in total. The van der Waals surface area contributed by atoms with Crippen molar-refractivity contribution >= 4 is 11.6 Å². The van der Waals surface area contributed by atoms with Crippen LogP contribution in [0, 0.1) is 11.3 Å². The van der Waals surface area contributed by atoms with Crippen molar-refractivity contribution in [3.63, 3.8) is 0 Å². The molecular formula is C10H10ClNO3. The summed E-state index contributed by atoms with van der Waals surface area (Å²) in [5.74, 6) is 0. The molecule has 0 bridgehead atoms. The topological polar surface area (TPSA) is 84.5 Å². The van der Waals surface area contributed by atoms with Gasteiger partial charge >= 0.3 is 0 Å². The highest BCUT2D eigenvalue weighted by Gasteiger charge is 2.20. The maximum absolute atomic E-state index is 9.59. The molecule has 0 aliphatic carbocycles. The number of hydrogen-bond donors (Lipinski definition) is 3. The van der Waals surface area contributed by atoms with Crippen molar-refractivity contribution in [3.05, 3.63) is 34.3 Å². The van der Waals surface area contributed by atoms with Gasteiger partial charge in [-0.05, 0) is 18.2 Å². The molecule has 0 saturated heterocycles. The first kappa shape index (κ1) is 12.0. The molecule has 0 aromatic heterocycles. The summed E-state index contributed by atoms with van der Waals surface area (Å²) in [6.07, 6.45) is -2.60. The number of nitrogens with zero attached hydrogens (tertiary/aromatic N) is 1. The lowest BCUT2D eigenvalue weighted by atomic mass is 10.0. The molecule has 1 aromatic rings. The van der Waals surface area contributed by atoms with Crippen molar-refractivity contribution in [3.8, 4) is 6.07 Å². The molecule has 4 nitrogen and oxygen atoms in total. The third-order valence-electron chi connectivity index (χ3n) is 2.00. The molecule has 5 heteroatoms. The average Bonchev–Trinajstić information content (AvgIpc) is 2.27. The molecular weight excluding hydrogens is 218 g/mol. The van der Waals surface area contributed by atoms with E-state index >= 15 is 0 Å². The van der Waals surface area contributed by atoms with Gasteiger partial charge < -0.3 is 15.3 Å². The zero-order chi connectivity index (χ0) is 11.4. The van der Waals surface area contributed by atoms with E-state index in [-0.39, 0.29) is 10.6 Å². The molecule has 1 aromatic carbocycles. The lowest BCUT2D eigenvalue weighted by molar-refractivity contribution is -0.0152. The minimum absolute atomic E-state index is 0.234. The van der Waals surface area contributed by atoms with Gasteiger partial charge in [0.05, 0.1) is 18.2 Å². The van der Waals surface area contributed by atoms with E-state index < -0.39 is 18.8 Å². The Hall–Kier alpha value is -1.12. The van der Waals surface area contributed by atoms with Crippen LogP contribution >= 0.6 is 11.6 Å². The minimum atomic E-state index is -1.31. The van der Waals surface area contributed by atoms with Crippen LogP contribution in [-0.2, 0) is 0 Å². The van der Waals surface area contributed by atoms with E-state index in [2.05, 4.69) is 0 Å². The summed E-state index contributed by atoms with van der Waals surface area (Å²) >= 11 is 5.79. The van der Waals surface area contributed by atoms with Gasteiger partial charge in [0.1, 0.15) is 12.2 Å². The predicted octanol–water partition coefficient (Wildman–Crippen LogP) is 0.598. The van der Waals surface area contributed by atoms with Crippen molar-refractivity contribution in [1.82, 2.24) is 0 Å². The van der Waals surface area contributed by atoms with Crippen molar-refractivity contribution in [2.45, 2.75) is 12.2 Å². The molecule has 15 heavy (non-hydrogen) atoms. The molecule has 2 unspecified atom stereocenters. The van der Waals surface area contributed by atoms with Crippen LogP contribution in [0.2, 0.25) is 5.02 Å². The van der Waals surface area contributed by atoms with Crippen LogP contribution in [0.4, 0.5) is 0 Å². The summed E-state index contributed by atoms with van der Waals surface area (Å²) in [5.41, 5.74) is 0.566. The van der Waals surface area contributed by atoms with Gasteiger partial charge in [-0.3, -0.25) is 0 Å². The minimum Gasteiger partial charge on any atom is -0.394 e. The first-order valence-corrected chi connectivity index (χ1v) is 4.64. The second kappa shape index (κ2) is 5.10. The van der Waals surface area contributed by atoms with E-state index in [1.807, 2.05) is 6.07 Å². The summed E-state index contributed by atoms with van der Waals surface area (Å²) in [7, 11) is 0. The van der Waals surface area contributed by atoms with E-state index in [0.29, 0.717) is 5.56 Å². The fraction of sp³-hybridized carbons (Fsp3) is 0.300. The summed E-state index contributed by atoms with van der Waals surface area (Å²) in [6.45, 7) is -0.575. The number of hydrogen-bond acceptors (Lipinski definition) is 4. The second-order valence-corrected chi connectivity index (χ2v) is 3.45. The van der Waals surface area contributed by atoms with Gasteiger partial charge in [0.25, 0.3) is 0 Å². The zero-order valence-corrected chi connectivity index (χ0v) is 8.52. The first-order chi connectivity index (χ1) is 7.10. The number of aliphatic hydroxyl groups excluding tert-OH is 3. The van der Waals surface area contributed by atoms with Gasteiger partial charge in [0.2, 0.25) is 0 Å². The van der Waals surface area contributed by atoms with Crippen LogP contribution in [0.25, 0.3) is 0 Å². The van der Waals surface area contributed by atoms with E-state index in [1.165, 1.54) is 18.2 Å². The highest BCUT2D eigenvalue weighted by molar-refractivity contribution is 6.31. The zero-order valence-electron chi connectivity index (χ0n) is 7.76. The number of aliphatic hydroxyl groups is 3. The Bertz CT molecular complexity index is 389. The van der Waals surface area contributed by atoms with E-state index in [9.17, 15) is 10.2 Å². The van der Waals surface area contributed by atoms with Crippen LogP contribution in [0.3, 0.4) is 0 Å². The molecule has 80 valence electrons. The van der Waals surface area contributed by atoms with Crippen molar-refractivity contribution in [2.24, 2.45) is 0 Å². The number of halogens is 1. The number of benzene rings is 1. The lowest BCUT2D eigenvalue weighted by Gasteiger charge is -2.17. The third-order valence-corrected chi connectivity index (χ3v) is 2.34. The Balaban J connectivity index is 3.07. The van der Waals surface area contributed by atoms with E-state index in [4.69, 9.17) is 22.0 Å². The van der Waals surface area contributed by atoms with Crippen LogP contribution in [0.1, 0.15) is 17.2 Å². The van der Waals surface area contributed by atoms with Gasteiger partial charge in [-0.15, -0.1) is 0 Å². The fourth-order valence-corrected chi connectivity index (χ4v) is 1.38. The van der Waals surface area contributed by atoms with Crippen LogP contribution < -0.4 is 0 Å². The van der Waals surface area contributed by atoms with Gasteiger partial charge in [0, 0.05) is 10.6 Å². The molecule has 0 saturated carbocycles. The SMILES string of the molecule is N#Cc1ccc(Cl)c(C(O)C(O)CO)c1. The molecule has 0 aliphatic rings. The van der Waals surface area contributed by atoms with E-state index in [1.54, 1.807) is 0 Å². The van der Waals surface area contributed by atoms with Gasteiger partial charge in [-0.1, -0.05) is 11.6 Å². The normalized spacial score (nSPS) is 14.3. The predicted molar refractivity (Wildman–Crippen MR) is 54.2 cm³/mol. The smallest absolute Gasteiger partial charge is 0.109 e. The monoisotopic (exact) mass is 227 g/mol. The molecule has 0 amide bonds. The maximum Gasteiger partial charge on any atom is 0.109 e. The second-order valence-electron chi connectivity index (χ2n) is 3.04. The molecule has 0 fully saturated rings. The molecule has 1 rings (SSSR count). The summed E-state index contributed by atoms with van der Waals surface area (Å²) in [6, 6.07) is 6.24. The molecule has 2 atom stereocenters. The largest absolute Gasteiger partial charge is 0.394 e. The van der Waals surface area contributed by atoms with E-state index in [0.717, 1.165) is 0 Å². The Morgan fingerprint density at radius 3 is 2.60 bits per heavy atom. The quantitative estimate of drug-likeness (QED) is 0.706. The Morgan fingerprint density at radius 2 is 2.07 bits per heavy atom. The van der Waals surface area contributed by atoms with Gasteiger partial charge in [0.15, 0.2) is 0 Å². The lowest BCUT2D eigenvalue weighted by Crippen LogP contribution is -2.22. The molecule has 0 heterocycles. The van der Waals surface area contributed by atoms with Crippen LogP contribution in [0.5, 0.6) is 0 Å². The third kappa shape index (κ3) is 2.67. The van der Waals surface area contributed by atoms with Gasteiger partial charge in [-0.25, -0.2) is 0 Å². The molecule has 0 radical (unpaired) electrons. The Morgan fingerprint density at radius 1 is 1.40 bits per heavy atom.